The SMILES string of the molecule is COc1ccc(S(=O)(=O)C2(CCCC#Cc3cc(NC(=O)C(C)(C)C)ccc3C)SC(=O)NC2=O)cc1. The molecule has 1 aliphatic rings. The van der Waals surface area contributed by atoms with Crippen molar-refractivity contribution in [2.75, 3.05) is 12.4 Å². The van der Waals surface area contributed by atoms with Crippen molar-refractivity contribution < 1.29 is 27.5 Å². The number of methoxy groups -OCH3 is 1. The van der Waals surface area contributed by atoms with E-state index >= 15 is 0 Å². The molecule has 0 saturated carbocycles. The third-order valence-electron chi connectivity index (χ3n) is 5.83. The molecule has 2 aromatic carbocycles. The maximum atomic E-state index is 13.5. The van der Waals surface area contributed by atoms with Crippen molar-refractivity contribution in [3.63, 3.8) is 0 Å². The Hall–Kier alpha value is -3.29. The van der Waals surface area contributed by atoms with Crippen molar-refractivity contribution >= 4 is 44.3 Å². The number of anilines is 1. The molecule has 3 rings (SSSR count). The Morgan fingerprint density at radius 1 is 1.14 bits per heavy atom. The fraction of sp³-hybridized carbons (Fsp3) is 0.370. The number of aryl methyl sites for hydroxylation is 1. The summed E-state index contributed by atoms with van der Waals surface area (Å²) >= 11 is 0.492. The van der Waals surface area contributed by atoms with Crippen LogP contribution in [0.3, 0.4) is 0 Å². The van der Waals surface area contributed by atoms with Crippen LogP contribution in [-0.4, -0.2) is 36.7 Å². The maximum absolute atomic E-state index is 13.5. The molecule has 1 fully saturated rings. The van der Waals surface area contributed by atoms with Crippen molar-refractivity contribution in [1.29, 1.82) is 0 Å². The quantitative estimate of drug-likeness (QED) is 0.386. The van der Waals surface area contributed by atoms with Crippen LogP contribution >= 0.6 is 11.8 Å². The van der Waals surface area contributed by atoms with Crippen LogP contribution in [0.4, 0.5) is 10.5 Å². The first-order chi connectivity index (χ1) is 17.3. The van der Waals surface area contributed by atoms with Gasteiger partial charge < -0.3 is 10.1 Å². The zero-order valence-electron chi connectivity index (χ0n) is 21.4. The largest absolute Gasteiger partial charge is 0.497 e. The van der Waals surface area contributed by atoms with E-state index in [1.807, 2.05) is 39.8 Å². The number of ether oxygens (including phenoxy) is 1. The molecule has 10 heteroatoms. The first-order valence-electron chi connectivity index (χ1n) is 11.6. The molecule has 196 valence electrons. The van der Waals surface area contributed by atoms with Crippen LogP contribution in [-0.2, 0) is 19.4 Å². The summed E-state index contributed by atoms with van der Waals surface area (Å²) in [6.07, 6.45) is 0.495. The number of rotatable bonds is 7. The number of sulfone groups is 1. The van der Waals surface area contributed by atoms with E-state index in [4.69, 9.17) is 4.74 Å². The van der Waals surface area contributed by atoms with Crippen LogP contribution < -0.4 is 15.4 Å². The normalized spacial score (nSPS) is 17.5. The van der Waals surface area contributed by atoms with Gasteiger partial charge in [-0.05, 0) is 73.5 Å². The van der Waals surface area contributed by atoms with E-state index in [-0.39, 0.29) is 23.6 Å². The average molecular weight is 543 g/mol. The molecule has 3 amide bonds. The van der Waals surface area contributed by atoms with Gasteiger partial charge in [0.1, 0.15) is 5.75 Å². The van der Waals surface area contributed by atoms with Crippen molar-refractivity contribution in [3.8, 4) is 17.6 Å². The molecule has 8 nitrogen and oxygen atoms in total. The molecule has 0 aromatic heterocycles. The Morgan fingerprint density at radius 2 is 1.81 bits per heavy atom. The molecular weight excluding hydrogens is 512 g/mol. The number of amides is 3. The molecule has 1 heterocycles. The number of unbranched alkanes of at least 4 members (excludes halogenated alkanes) is 1. The van der Waals surface area contributed by atoms with Gasteiger partial charge in [0, 0.05) is 23.1 Å². The predicted octanol–water partition coefficient (Wildman–Crippen LogP) is 4.66. The number of hydrogen-bond acceptors (Lipinski definition) is 7. The standard InChI is InChI=1S/C27H30N2O6S2/c1-18-10-11-20(28-23(30)26(2,3)4)17-19(18)9-7-6-8-16-27(24(31)29-25(32)36-27)37(33,34)22-14-12-21(35-5)13-15-22/h10-15,17H,6,8,16H2,1-5H3,(H,28,30)(H,29,31,32). The predicted molar refractivity (Wildman–Crippen MR) is 144 cm³/mol. The van der Waals surface area contributed by atoms with E-state index in [0.717, 1.165) is 11.1 Å². The summed E-state index contributed by atoms with van der Waals surface area (Å²) in [4.78, 5) is 37.0. The van der Waals surface area contributed by atoms with Crippen LogP contribution in [0.2, 0.25) is 0 Å². The lowest BCUT2D eigenvalue weighted by molar-refractivity contribution is -0.123. The fourth-order valence-corrected chi connectivity index (χ4v) is 6.92. The van der Waals surface area contributed by atoms with Crippen LogP contribution in [0.1, 0.15) is 51.2 Å². The summed E-state index contributed by atoms with van der Waals surface area (Å²) in [5.41, 5.74) is 1.76. The lowest BCUT2D eigenvalue weighted by Gasteiger charge is -2.24. The van der Waals surface area contributed by atoms with Crippen LogP contribution in [0.15, 0.2) is 47.4 Å². The number of hydrogen-bond donors (Lipinski definition) is 2. The van der Waals surface area contributed by atoms with Gasteiger partial charge in [0.05, 0.1) is 12.0 Å². The number of carbonyl (C=O) groups excluding carboxylic acids is 3. The minimum Gasteiger partial charge on any atom is -0.497 e. The average Bonchev–Trinajstić information content (AvgIpc) is 3.14. The molecule has 0 spiro atoms. The molecule has 0 aliphatic carbocycles. The summed E-state index contributed by atoms with van der Waals surface area (Å²) in [7, 11) is -2.73. The zero-order chi connectivity index (χ0) is 27.4. The van der Waals surface area contributed by atoms with Gasteiger partial charge >= 0.3 is 0 Å². The van der Waals surface area contributed by atoms with Gasteiger partial charge in [-0.1, -0.05) is 38.7 Å². The van der Waals surface area contributed by atoms with Crippen molar-refractivity contribution in [2.45, 2.75) is 55.9 Å². The van der Waals surface area contributed by atoms with Gasteiger partial charge in [0.25, 0.3) is 11.1 Å². The van der Waals surface area contributed by atoms with Crippen molar-refractivity contribution in [2.24, 2.45) is 5.41 Å². The second-order valence-corrected chi connectivity index (χ2v) is 13.4. The number of carbonyl (C=O) groups is 3. The van der Waals surface area contributed by atoms with Crippen molar-refractivity contribution in [3.05, 3.63) is 53.6 Å². The second kappa shape index (κ2) is 11.0. The molecule has 2 aromatic rings. The second-order valence-electron chi connectivity index (χ2n) is 9.66. The number of nitrogens with one attached hydrogen (secondary N) is 2. The highest BCUT2D eigenvalue weighted by Gasteiger charge is 2.57. The van der Waals surface area contributed by atoms with Gasteiger partial charge in [0.15, 0.2) is 0 Å². The monoisotopic (exact) mass is 542 g/mol. The highest BCUT2D eigenvalue weighted by atomic mass is 32.3. The minimum absolute atomic E-state index is 0.0681. The lowest BCUT2D eigenvalue weighted by Crippen LogP contribution is -2.43. The number of benzene rings is 2. The van der Waals surface area contributed by atoms with E-state index in [1.165, 1.54) is 31.4 Å². The summed E-state index contributed by atoms with van der Waals surface area (Å²) < 4.78 is 30.1. The highest BCUT2D eigenvalue weighted by Crippen LogP contribution is 2.44. The molecule has 1 aliphatic heterocycles. The van der Waals surface area contributed by atoms with E-state index < -0.39 is 30.5 Å². The molecular formula is C27H30N2O6S2. The molecule has 37 heavy (non-hydrogen) atoms. The highest BCUT2D eigenvalue weighted by molar-refractivity contribution is 8.25. The third kappa shape index (κ3) is 6.17. The summed E-state index contributed by atoms with van der Waals surface area (Å²) in [5.74, 6) is 5.61. The third-order valence-corrected chi connectivity index (χ3v) is 9.90. The molecule has 1 saturated heterocycles. The summed E-state index contributed by atoms with van der Waals surface area (Å²) in [5, 5.41) is 4.31. The van der Waals surface area contributed by atoms with E-state index in [0.29, 0.717) is 29.6 Å². The number of thioether (sulfide) groups is 1. The van der Waals surface area contributed by atoms with E-state index in [9.17, 15) is 22.8 Å². The molecule has 0 radical (unpaired) electrons. The maximum Gasteiger partial charge on any atom is 0.287 e. The molecule has 1 atom stereocenters. The zero-order valence-corrected chi connectivity index (χ0v) is 23.1. The Balaban J connectivity index is 1.76. The van der Waals surface area contributed by atoms with Crippen LogP contribution in [0.5, 0.6) is 5.75 Å². The summed E-state index contributed by atoms with van der Waals surface area (Å²) in [6, 6.07) is 11.2. The Labute approximate surface area is 221 Å². The topological polar surface area (TPSA) is 119 Å². The molecule has 0 bridgehead atoms. The van der Waals surface area contributed by atoms with Crippen molar-refractivity contribution in [1.82, 2.24) is 5.32 Å². The Morgan fingerprint density at radius 3 is 2.38 bits per heavy atom. The minimum atomic E-state index is -4.20. The van der Waals surface area contributed by atoms with Gasteiger partial charge in [-0.2, -0.15) is 0 Å². The van der Waals surface area contributed by atoms with E-state index in [2.05, 4.69) is 22.5 Å². The molecule has 1 unspecified atom stereocenters. The Bertz CT molecular complexity index is 1380. The lowest BCUT2D eigenvalue weighted by atomic mass is 9.95. The van der Waals surface area contributed by atoms with E-state index in [1.54, 1.807) is 6.07 Å². The first-order valence-corrected chi connectivity index (χ1v) is 13.9. The summed E-state index contributed by atoms with van der Waals surface area (Å²) in [6.45, 7) is 7.39. The Kier molecular flexibility index (Phi) is 8.40. The molecule has 2 N–H and O–H groups in total. The smallest absolute Gasteiger partial charge is 0.287 e. The van der Waals surface area contributed by atoms with Gasteiger partial charge in [0.2, 0.25) is 19.8 Å². The fourth-order valence-electron chi connectivity index (χ4n) is 3.55. The first kappa shape index (κ1) is 28.3. The van der Waals surface area contributed by atoms with Crippen LogP contribution in [0.25, 0.3) is 0 Å². The van der Waals surface area contributed by atoms with Gasteiger partial charge in [-0.15, -0.1) is 0 Å². The van der Waals surface area contributed by atoms with Gasteiger partial charge in [-0.25, -0.2) is 8.42 Å². The van der Waals surface area contributed by atoms with Gasteiger partial charge in [-0.3, -0.25) is 19.7 Å². The number of imide groups is 1. The van der Waals surface area contributed by atoms with Crippen LogP contribution in [0, 0.1) is 24.2 Å².